The van der Waals surface area contributed by atoms with E-state index in [0.29, 0.717) is 0 Å². The van der Waals surface area contributed by atoms with Crippen molar-refractivity contribution in [1.82, 2.24) is 4.98 Å². The zero-order chi connectivity index (χ0) is 18.6. The second kappa shape index (κ2) is 5.59. The van der Waals surface area contributed by atoms with Crippen LogP contribution in [-0.2, 0) is 5.41 Å². The number of fused-ring (bicyclic) bond motifs is 4. The molecule has 5 rings (SSSR count). The first-order chi connectivity index (χ1) is 13.1. The zero-order valence-electron chi connectivity index (χ0n) is 16.1. The van der Waals surface area contributed by atoms with Crippen molar-refractivity contribution in [3.05, 3.63) is 71.9 Å². The van der Waals surface area contributed by atoms with Crippen molar-refractivity contribution < 1.29 is 4.74 Å². The number of pyridine rings is 1. The minimum atomic E-state index is -0.550. The lowest BCUT2D eigenvalue weighted by Gasteiger charge is -2.47. The lowest BCUT2D eigenvalue weighted by molar-refractivity contribution is 0.0549. The standard InChI is InChI=1S/C24H24N2O/c1-4-16-26-20-10-6-5-9-19(20)23(2,3)24(26)14-13-18-12-11-17-8-7-15-25-21(17)22(18)27-24/h5-15H,4,16H2,1-3H3. The van der Waals surface area contributed by atoms with Crippen molar-refractivity contribution in [3.63, 3.8) is 0 Å². The quantitative estimate of drug-likeness (QED) is 0.602. The van der Waals surface area contributed by atoms with E-state index >= 15 is 0 Å². The molecule has 3 aromatic rings. The van der Waals surface area contributed by atoms with Crippen LogP contribution in [-0.4, -0.2) is 17.3 Å². The Hall–Kier alpha value is -2.81. The lowest BCUT2D eigenvalue weighted by atomic mass is 9.76. The van der Waals surface area contributed by atoms with E-state index in [0.717, 1.165) is 35.2 Å². The number of rotatable bonds is 2. The predicted octanol–water partition coefficient (Wildman–Crippen LogP) is 5.54. The van der Waals surface area contributed by atoms with E-state index in [4.69, 9.17) is 4.74 Å². The molecule has 2 aromatic carbocycles. The van der Waals surface area contributed by atoms with E-state index in [9.17, 15) is 0 Å². The van der Waals surface area contributed by atoms with Crippen LogP contribution in [0.2, 0.25) is 0 Å². The third kappa shape index (κ3) is 2.05. The summed E-state index contributed by atoms with van der Waals surface area (Å²) in [6, 6.07) is 17.0. The van der Waals surface area contributed by atoms with Crippen LogP contribution < -0.4 is 9.64 Å². The average molecular weight is 356 g/mol. The molecular weight excluding hydrogens is 332 g/mol. The summed E-state index contributed by atoms with van der Waals surface area (Å²) in [5.41, 5.74) is 3.89. The monoisotopic (exact) mass is 356 g/mol. The molecule has 0 N–H and O–H groups in total. The van der Waals surface area contributed by atoms with Crippen LogP contribution in [0.25, 0.3) is 17.0 Å². The molecule has 0 amide bonds. The summed E-state index contributed by atoms with van der Waals surface area (Å²) in [5.74, 6) is 0.887. The topological polar surface area (TPSA) is 25.4 Å². The van der Waals surface area contributed by atoms with Crippen molar-refractivity contribution in [1.29, 1.82) is 0 Å². The van der Waals surface area contributed by atoms with Crippen molar-refractivity contribution >= 4 is 22.7 Å². The molecular formula is C24H24N2O. The van der Waals surface area contributed by atoms with E-state index in [-0.39, 0.29) is 5.41 Å². The maximum atomic E-state index is 6.93. The van der Waals surface area contributed by atoms with Crippen molar-refractivity contribution in [2.45, 2.75) is 38.3 Å². The molecule has 136 valence electrons. The molecule has 0 fully saturated rings. The lowest BCUT2D eigenvalue weighted by Crippen LogP contribution is -2.59. The van der Waals surface area contributed by atoms with Gasteiger partial charge in [0.1, 0.15) is 5.52 Å². The van der Waals surface area contributed by atoms with Gasteiger partial charge in [-0.25, -0.2) is 0 Å². The summed E-state index contributed by atoms with van der Waals surface area (Å²) in [6.45, 7) is 7.74. The third-order valence-electron chi connectivity index (χ3n) is 6.12. The van der Waals surface area contributed by atoms with E-state index in [2.05, 4.69) is 85.3 Å². The number of anilines is 1. The number of hydrogen-bond acceptors (Lipinski definition) is 3. The molecule has 0 aliphatic carbocycles. The zero-order valence-corrected chi connectivity index (χ0v) is 16.1. The molecule has 1 spiro atoms. The SMILES string of the molecule is CCCN1c2ccccc2C(C)(C)C12C=Cc1ccc3cccnc3c1O2. The molecule has 3 heteroatoms. The molecule has 3 nitrogen and oxygen atoms in total. The van der Waals surface area contributed by atoms with Gasteiger partial charge in [-0.3, -0.25) is 4.98 Å². The fraction of sp³-hybridized carbons (Fsp3) is 0.292. The molecule has 1 atom stereocenters. The van der Waals surface area contributed by atoms with Gasteiger partial charge in [0.25, 0.3) is 0 Å². The molecule has 3 heterocycles. The molecule has 0 bridgehead atoms. The van der Waals surface area contributed by atoms with Gasteiger partial charge in [0.2, 0.25) is 5.72 Å². The van der Waals surface area contributed by atoms with Gasteiger partial charge in [-0.15, -0.1) is 0 Å². The van der Waals surface area contributed by atoms with Crippen LogP contribution in [0.3, 0.4) is 0 Å². The summed E-state index contributed by atoms with van der Waals surface area (Å²) in [5, 5.41) is 1.11. The Balaban J connectivity index is 1.75. The Kier molecular flexibility index (Phi) is 3.39. The van der Waals surface area contributed by atoms with Gasteiger partial charge in [-0.1, -0.05) is 43.3 Å². The van der Waals surface area contributed by atoms with Gasteiger partial charge in [0, 0.05) is 29.4 Å². The molecule has 1 aromatic heterocycles. The van der Waals surface area contributed by atoms with Gasteiger partial charge < -0.3 is 9.64 Å². The molecule has 27 heavy (non-hydrogen) atoms. The number of ether oxygens (including phenoxy) is 1. The predicted molar refractivity (Wildman–Crippen MR) is 111 cm³/mol. The fourth-order valence-corrected chi connectivity index (χ4v) is 4.70. The number of hydrogen-bond donors (Lipinski definition) is 0. The Morgan fingerprint density at radius 2 is 1.89 bits per heavy atom. The number of nitrogens with zero attached hydrogens (tertiary/aromatic N) is 2. The number of aromatic nitrogens is 1. The molecule has 2 aliphatic rings. The van der Waals surface area contributed by atoms with Gasteiger partial charge in [0.15, 0.2) is 5.75 Å². The first-order valence-corrected chi connectivity index (χ1v) is 9.71. The van der Waals surface area contributed by atoms with Crippen LogP contribution in [0.15, 0.2) is 60.8 Å². The summed E-state index contributed by atoms with van der Waals surface area (Å²) >= 11 is 0. The van der Waals surface area contributed by atoms with E-state index in [1.165, 1.54) is 11.3 Å². The molecule has 0 saturated heterocycles. The minimum absolute atomic E-state index is 0.191. The van der Waals surface area contributed by atoms with Crippen LogP contribution >= 0.6 is 0 Å². The largest absolute Gasteiger partial charge is 0.460 e. The van der Waals surface area contributed by atoms with Crippen molar-refractivity contribution in [2.75, 3.05) is 11.4 Å². The van der Waals surface area contributed by atoms with E-state index < -0.39 is 5.72 Å². The number of para-hydroxylation sites is 1. The number of benzene rings is 2. The summed E-state index contributed by atoms with van der Waals surface area (Å²) in [7, 11) is 0. The van der Waals surface area contributed by atoms with E-state index in [1.807, 2.05) is 12.3 Å². The highest BCUT2D eigenvalue weighted by Gasteiger charge is 2.58. The first kappa shape index (κ1) is 16.4. The summed E-state index contributed by atoms with van der Waals surface area (Å²) in [6.07, 6.45) is 7.36. The maximum Gasteiger partial charge on any atom is 0.212 e. The van der Waals surface area contributed by atoms with Gasteiger partial charge in [-0.2, -0.15) is 0 Å². The Bertz CT molecular complexity index is 1070. The van der Waals surface area contributed by atoms with Gasteiger partial charge in [-0.05, 0) is 50.1 Å². The van der Waals surface area contributed by atoms with E-state index in [1.54, 1.807) is 0 Å². The molecule has 1 unspecified atom stereocenters. The average Bonchev–Trinajstić information content (AvgIpc) is 2.87. The first-order valence-electron chi connectivity index (χ1n) is 9.71. The summed E-state index contributed by atoms with van der Waals surface area (Å²) < 4.78 is 6.93. The second-order valence-corrected chi connectivity index (χ2v) is 7.98. The van der Waals surface area contributed by atoms with Crippen LogP contribution in [0.4, 0.5) is 5.69 Å². The Morgan fingerprint density at radius 1 is 1.04 bits per heavy atom. The highest BCUT2D eigenvalue weighted by atomic mass is 16.5. The van der Waals surface area contributed by atoms with Crippen LogP contribution in [0, 0.1) is 0 Å². The maximum absolute atomic E-state index is 6.93. The smallest absolute Gasteiger partial charge is 0.212 e. The summed E-state index contributed by atoms with van der Waals surface area (Å²) in [4.78, 5) is 7.07. The Morgan fingerprint density at radius 3 is 2.74 bits per heavy atom. The van der Waals surface area contributed by atoms with Gasteiger partial charge >= 0.3 is 0 Å². The molecule has 2 aliphatic heterocycles. The Labute approximate surface area is 160 Å². The van der Waals surface area contributed by atoms with Crippen LogP contribution in [0.5, 0.6) is 5.75 Å². The van der Waals surface area contributed by atoms with Crippen LogP contribution in [0.1, 0.15) is 38.3 Å². The van der Waals surface area contributed by atoms with Crippen molar-refractivity contribution in [3.8, 4) is 5.75 Å². The molecule has 0 radical (unpaired) electrons. The minimum Gasteiger partial charge on any atom is -0.460 e. The second-order valence-electron chi connectivity index (χ2n) is 7.98. The highest BCUT2D eigenvalue weighted by molar-refractivity contribution is 5.89. The third-order valence-corrected chi connectivity index (χ3v) is 6.12. The molecule has 0 saturated carbocycles. The normalized spacial score (nSPS) is 22.0. The van der Waals surface area contributed by atoms with Crippen molar-refractivity contribution in [2.24, 2.45) is 0 Å². The highest BCUT2D eigenvalue weighted by Crippen LogP contribution is 2.55. The van der Waals surface area contributed by atoms with Gasteiger partial charge in [0.05, 0.1) is 5.41 Å². The fourth-order valence-electron chi connectivity index (χ4n) is 4.70.